The van der Waals surface area contributed by atoms with Crippen molar-refractivity contribution in [1.82, 2.24) is 8.87 Å². The lowest BCUT2D eigenvalue weighted by atomic mass is 10.1. The van der Waals surface area contributed by atoms with Gasteiger partial charge in [0.1, 0.15) is 0 Å². The van der Waals surface area contributed by atoms with E-state index in [0.717, 1.165) is 23.2 Å². The molecule has 1 amide bonds. The lowest BCUT2D eigenvalue weighted by Gasteiger charge is -2.18. The summed E-state index contributed by atoms with van der Waals surface area (Å²) in [6, 6.07) is 10.3. The summed E-state index contributed by atoms with van der Waals surface area (Å²) in [4.78, 5) is 18.1. The Morgan fingerprint density at radius 3 is 2.29 bits per heavy atom. The number of rotatable bonds is 7. The van der Waals surface area contributed by atoms with Gasteiger partial charge in [-0.2, -0.15) is 9.30 Å². The molecule has 0 bridgehead atoms. The average molecular weight is 460 g/mol. The molecule has 0 unspecified atom stereocenters. The number of carbonyl (C=O) groups is 1. The fraction of sp³-hybridized carbons (Fsp3) is 0.391. The van der Waals surface area contributed by atoms with Crippen molar-refractivity contribution < 1.29 is 13.2 Å². The van der Waals surface area contributed by atoms with Crippen molar-refractivity contribution >= 4 is 37.5 Å². The first-order valence-electron chi connectivity index (χ1n) is 10.5. The van der Waals surface area contributed by atoms with E-state index in [1.165, 1.54) is 51.0 Å². The van der Waals surface area contributed by atoms with Gasteiger partial charge < -0.3 is 4.57 Å². The van der Waals surface area contributed by atoms with Crippen molar-refractivity contribution in [3.63, 3.8) is 0 Å². The molecule has 0 atom stereocenters. The third-order valence-electron chi connectivity index (χ3n) is 5.20. The molecule has 3 rings (SSSR count). The third kappa shape index (κ3) is 4.66. The SMILES string of the molecule is CCCn1c(=NC(=O)c2ccc(S(=O)(=O)N(CC)CC)cc2)sc2c(C)cc(C)cc21. The number of benzene rings is 2. The fourth-order valence-corrected chi connectivity index (χ4v) is 6.23. The Morgan fingerprint density at radius 2 is 1.71 bits per heavy atom. The Bertz CT molecular complexity index is 1270. The monoisotopic (exact) mass is 459 g/mol. The van der Waals surface area contributed by atoms with Gasteiger partial charge in [-0.05, 0) is 61.7 Å². The van der Waals surface area contributed by atoms with E-state index in [0.29, 0.717) is 23.5 Å². The molecular formula is C23H29N3O3S2. The van der Waals surface area contributed by atoms with Gasteiger partial charge in [0.05, 0.1) is 15.1 Å². The van der Waals surface area contributed by atoms with Crippen molar-refractivity contribution in [3.8, 4) is 0 Å². The number of nitrogens with zero attached hydrogens (tertiary/aromatic N) is 3. The number of hydrogen-bond donors (Lipinski definition) is 0. The Hall–Kier alpha value is -2.29. The molecule has 1 aromatic heterocycles. The van der Waals surface area contributed by atoms with Crippen LogP contribution in [0.4, 0.5) is 0 Å². The van der Waals surface area contributed by atoms with E-state index in [1.54, 1.807) is 13.8 Å². The van der Waals surface area contributed by atoms with Gasteiger partial charge in [-0.3, -0.25) is 4.79 Å². The van der Waals surface area contributed by atoms with Gasteiger partial charge >= 0.3 is 0 Å². The number of sulfonamides is 1. The molecule has 31 heavy (non-hydrogen) atoms. The minimum absolute atomic E-state index is 0.182. The first-order chi connectivity index (χ1) is 14.7. The van der Waals surface area contributed by atoms with E-state index in [2.05, 4.69) is 42.5 Å². The Balaban J connectivity index is 2.02. The first-order valence-corrected chi connectivity index (χ1v) is 12.8. The molecule has 3 aromatic rings. The zero-order chi connectivity index (χ0) is 22.8. The van der Waals surface area contributed by atoms with E-state index in [-0.39, 0.29) is 10.8 Å². The van der Waals surface area contributed by atoms with Crippen molar-refractivity contribution in [2.45, 2.75) is 52.5 Å². The summed E-state index contributed by atoms with van der Waals surface area (Å²) >= 11 is 1.51. The number of fused-ring (bicyclic) bond motifs is 1. The Labute approximate surface area is 187 Å². The number of carbonyl (C=O) groups excluding carboxylic acids is 1. The molecule has 0 saturated carbocycles. The lowest BCUT2D eigenvalue weighted by molar-refractivity contribution is 0.0997. The second-order valence-electron chi connectivity index (χ2n) is 7.50. The normalized spacial score (nSPS) is 12.8. The molecule has 8 heteroatoms. The summed E-state index contributed by atoms with van der Waals surface area (Å²) in [5, 5.41) is 0. The van der Waals surface area contributed by atoms with E-state index >= 15 is 0 Å². The van der Waals surface area contributed by atoms with Gasteiger partial charge in [-0.25, -0.2) is 8.42 Å². The second-order valence-corrected chi connectivity index (χ2v) is 10.4. The van der Waals surface area contributed by atoms with E-state index in [9.17, 15) is 13.2 Å². The van der Waals surface area contributed by atoms with Crippen LogP contribution in [0.2, 0.25) is 0 Å². The van der Waals surface area contributed by atoms with E-state index < -0.39 is 10.0 Å². The Morgan fingerprint density at radius 1 is 1.06 bits per heavy atom. The summed E-state index contributed by atoms with van der Waals surface area (Å²) in [5.74, 6) is -0.377. The maximum absolute atomic E-state index is 12.9. The minimum atomic E-state index is -3.55. The minimum Gasteiger partial charge on any atom is -0.316 e. The van der Waals surface area contributed by atoms with Crippen LogP contribution in [0.5, 0.6) is 0 Å². The largest absolute Gasteiger partial charge is 0.316 e. The highest BCUT2D eigenvalue weighted by atomic mass is 32.2. The number of thiazole rings is 1. The van der Waals surface area contributed by atoms with Crippen LogP contribution in [-0.4, -0.2) is 36.3 Å². The van der Waals surface area contributed by atoms with Crippen LogP contribution in [0, 0.1) is 13.8 Å². The van der Waals surface area contributed by atoms with Crippen molar-refractivity contribution in [2.24, 2.45) is 4.99 Å². The molecule has 0 fully saturated rings. The van der Waals surface area contributed by atoms with Crippen LogP contribution in [0.15, 0.2) is 46.3 Å². The molecule has 0 saturated heterocycles. The van der Waals surface area contributed by atoms with Gasteiger partial charge in [0.25, 0.3) is 5.91 Å². The molecule has 1 heterocycles. The van der Waals surface area contributed by atoms with Crippen LogP contribution in [0.3, 0.4) is 0 Å². The predicted molar refractivity (Wildman–Crippen MR) is 126 cm³/mol. The summed E-state index contributed by atoms with van der Waals surface area (Å²) in [5.41, 5.74) is 3.81. The highest BCUT2D eigenvalue weighted by molar-refractivity contribution is 7.89. The highest BCUT2D eigenvalue weighted by Gasteiger charge is 2.21. The zero-order valence-corrected chi connectivity index (χ0v) is 20.3. The lowest BCUT2D eigenvalue weighted by Crippen LogP contribution is -2.30. The van der Waals surface area contributed by atoms with Gasteiger partial charge in [0.2, 0.25) is 10.0 Å². The van der Waals surface area contributed by atoms with Crippen molar-refractivity contribution in [2.75, 3.05) is 13.1 Å². The predicted octanol–water partition coefficient (Wildman–Crippen LogP) is 4.50. The van der Waals surface area contributed by atoms with Crippen LogP contribution in [-0.2, 0) is 16.6 Å². The molecule has 0 N–H and O–H groups in total. The quantitative estimate of drug-likeness (QED) is 0.522. The number of hydrogen-bond acceptors (Lipinski definition) is 4. The van der Waals surface area contributed by atoms with E-state index in [4.69, 9.17) is 0 Å². The molecule has 0 spiro atoms. The summed E-state index contributed by atoms with van der Waals surface area (Å²) in [7, 11) is -3.55. The second kappa shape index (κ2) is 9.46. The Kier molecular flexibility index (Phi) is 7.13. The van der Waals surface area contributed by atoms with Crippen LogP contribution in [0.1, 0.15) is 48.7 Å². The molecule has 6 nitrogen and oxygen atoms in total. The summed E-state index contributed by atoms with van der Waals surface area (Å²) in [6.45, 7) is 11.4. The molecule has 166 valence electrons. The van der Waals surface area contributed by atoms with Gasteiger partial charge in [0, 0.05) is 25.2 Å². The number of aryl methyl sites for hydroxylation is 3. The van der Waals surface area contributed by atoms with E-state index in [1.807, 2.05) is 0 Å². The fourth-order valence-electron chi connectivity index (χ4n) is 3.67. The van der Waals surface area contributed by atoms with Crippen molar-refractivity contribution in [3.05, 3.63) is 57.9 Å². The van der Waals surface area contributed by atoms with Crippen molar-refractivity contribution in [1.29, 1.82) is 0 Å². The molecule has 0 aliphatic heterocycles. The maximum Gasteiger partial charge on any atom is 0.279 e. The first kappa shape index (κ1) is 23.4. The van der Waals surface area contributed by atoms with Gasteiger partial charge in [0.15, 0.2) is 4.80 Å². The number of aromatic nitrogens is 1. The molecule has 0 aliphatic rings. The molecule has 2 aromatic carbocycles. The molecular weight excluding hydrogens is 430 g/mol. The van der Waals surface area contributed by atoms with Crippen LogP contribution in [0.25, 0.3) is 10.2 Å². The van der Waals surface area contributed by atoms with Gasteiger partial charge in [-0.15, -0.1) is 0 Å². The third-order valence-corrected chi connectivity index (χ3v) is 8.50. The van der Waals surface area contributed by atoms with Crippen LogP contribution >= 0.6 is 11.3 Å². The van der Waals surface area contributed by atoms with Crippen LogP contribution < -0.4 is 4.80 Å². The topological polar surface area (TPSA) is 71.7 Å². The smallest absolute Gasteiger partial charge is 0.279 e. The maximum atomic E-state index is 12.9. The van der Waals surface area contributed by atoms with Gasteiger partial charge in [-0.1, -0.05) is 38.2 Å². The summed E-state index contributed by atoms with van der Waals surface area (Å²) < 4.78 is 29.9. The molecule has 0 aliphatic carbocycles. The standard InChI is InChI=1S/C23H29N3O3S2/c1-6-13-26-20-15-16(4)14-17(5)21(20)30-23(26)24-22(27)18-9-11-19(12-10-18)31(28,29)25(7-2)8-3/h9-12,14-15H,6-8,13H2,1-5H3. The molecule has 0 radical (unpaired) electrons. The summed E-state index contributed by atoms with van der Waals surface area (Å²) in [6.07, 6.45) is 0.929. The number of amides is 1. The average Bonchev–Trinajstić information content (AvgIpc) is 3.06. The zero-order valence-electron chi connectivity index (χ0n) is 18.7. The highest BCUT2D eigenvalue weighted by Crippen LogP contribution is 2.24.